The van der Waals surface area contributed by atoms with E-state index in [1.165, 1.54) is 0 Å². The molecule has 0 spiro atoms. The Bertz CT molecular complexity index is 449. The molecule has 98 valence electrons. The first-order valence-electron chi connectivity index (χ1n) is 6.26. The van der Waals surface area contributed by atoms with Gasteiger partial charge in [0.2, 0.25) is 0 Å². The van der Waals surface area contributed by atoms with Gasteiger partial charge in [-0.25, -0.2) is 0 Å². The number of ketones is 1. The Balaban J connectivity index is 2.32. The lowest BCUT2D eigenvalue weighted by atomic mass is 9.86. The minimum atomic E-state index is -1.27. The molecule has 1 N–H and O–H groups in total. The number of rotatable bonds is 2. The van der Waals surface area contributed by atoms with Gasteiger partial charge in [0.15, 0.2) is 5.78 Å². The van der Waals surface area contributed by atoms with Crippen LogP contribution in [-0.4, -0.2) is 16.5 Å². The van der Waals surface area contributed by atoms with Crippen molar-refractivity contribution in [3.63, 3.8) is 0 Å². The van der Waals surface area contributed by atoms with E-state index in [1.807, 2.05) is 0 Å². The smallest absolute Gasteiger partial charge is 0.195 e. The first-order valence-corrected chi connectivity index (χ1v) is 7.01. The van der Waals surface area contributed by atoms with Gasteiger partial charge in [0.1, 0.15) is 5.60 Å². The summed E-state index contributed by atoms with van der Waals surface area (Å²) in [6, 6.07) is 4.94. The third kappa shape index (κ3) is 2.71. The second-order valence-electron chi connectivity index (χ2n) is 4.88. The Morgan fingerprint density at radius 3 is 2.33 bits per heavy atom. The van der Waals surface area contributed by atoms with Crippen LogP contribution in [0.1, 0.15) is 48.9 Å². The summed E-state index contributed by atoms with van der Waals surface area (Å²) in [4.78, 5) is 12.5. The van der Waals surface area contributed by atoms with Crippen molar-refractivity contribution in [2.45, 2.75) is 44.1 Å². The number of hydrogen-bond acceptors (Lipinski definition) is 2. The van der Waals surface area contributed by atoms with Crippen molar-refractivity contribution >= 4 is 29.0 Å². The molecule has 1 fully saturated rings. The summed E-state index contributed by atoms with van der Waals surface area (Å²) in [5.74, 6) is -0.295. The van der Waals surface area contributed by atoms with Gasteiger partial charge in [0, 0.05) is 5.56 Å². The number of carbonyl (C=O) groups excluding carboxylic acids is 1. The fourth-order valence-corrected chi connectivity index (χ4v) is 2.86. The molecule has 0 saturated heterocycles. The highest BCUT2D eigenvalue weighted by Gasteiger charge is 2.37. The molecule has 4 heteroatoms. The van der Waals surface area contributed by atoms with Crippen LogP contribution < -0.4 is 0 Å². The number of carbonyl (C=O) groups is 1. The number of aliphatic hydroxyl groups is 1. The summed E-state index contributed by atoms with van der Waals surface area (Å²) in [5.41, 5.74) is -0.946. The summed E-state index contributed by atoms with van der Waals surface area (Å²) in [6.45, 7) is 0. The molecule has 0 unspecified atom stereocenters. The van der Waals surface area contributed by atoms with E-state index in [0.717, 1.165) is 25.7 Å². The predicted octanol–water partition coefficient (Wildman–Crippen LogP) is 4.26. The molecule has 2 rings (SSSR count). The lowest BCUT2D eigenvalue weighted by molar-refractivity contribution is 0.0238. The van der Waals surface area contributed by atoms with Crippen molar-refractivity contribution in [2.24, 2.45) is 0 Å². The monoisotopic (exact) mass is 286 g/mol. The maximum Gasteiger partial charge on any atom is 0.195 e. The largest absolute Gasteiger partial charge is 0.382 e. The SMILES string of the molecule is O=C(c1cccc(Cl)c1Cl)C1(O)CCCCCC1. The Hall–Kier alpha value is -0.570. The van der Waals surface area contributed by atoms with Crippen LogP contribution in [0.4, 0.5) is 0 Å². The maximum absolute atomic E-state index is 12.5. The highest BCUT2D eigenvalue weighted by molar-refractivity contribution is 6.44. The summed E-state index contributed by atoms with van der Waals surface area (Å²) >= 11 is 12.0. The van der Waals surface area contributed by atoms with E-state index < -0.39 is 5.60 Å². The van der Waals surface area contributed by atoms with Gasteiger partial charge in [0.25, 0.3) is 0 Å². The average molecular weight is 287 g/mol. The molecule has 2 nitrogen and oxygen atoms in total. The van der Waals surface area contributed by atoms with Gasteiger partial charge in [-0.2, -0.15) is 0 Å². The molecule has 0 aromatic heterocycles. The van der Waals surface area contributed by atoms with E-state index in [2.05, 4.69) is 0 Å². The molecular weight excluding hydrogens is 271 g/mol. The molecule has 1 saturated carbocycles. The Labute approximate surface area is 117 Å². The van der Waals surface area contributed by atoms with E-state index in [-0.39, 0.29) is 10.8 Å². The molecule has 0 radical (unpaired) electrons. The molecule has 1 aromatic carbocycles. The summed E-state index contributed by atoms with van der Waals surface area (Å²) < 4.78 is 0. The zero-order chi connectivity index (χ0) is 13.2. The van der Waals surface area contributed by atoms with Crippen LogP contribution in [0.3, 0.4) is 0 Å². The Morgan fingerprint density at radius 1 is 1.11 bits per heavy atom. The van der Waals surface area contributed by atoms with Crippen molar-refractivity contribution in [1.82, 2.24) is 0 Å². The summed E-state index contributed by atoms with van der Waals surface area (Å²) in [5, 5.41) is 11.1. The van der Waals surface area contributed by atoms with Gasteiger partial charge >= 0.3 is 0 Å². The Kier molecular flexibility index (Phi) is 4.31. The molecule has 0 aliphatic heterocycles. The Morgan fingerprint density at radius 2 is 1.72 bits per heavy atom. The van der Waals surface area contributed by atoms with E-state index in [0.29, 0.717) is 23.4 Å². The second kappa shape index (κ2) is 5.60. The van der Waals surface area contributed by atoms with Gasteiger partial charge in [-0.1, -0.05) is 55.0 Å². The van der Waals surface area contributed by atoms with Gasteiger partial charge in [-0.05, 0) is 25.0 Å². The summed E-state index contributed by atoms with van der Waals surface area (Å²) in [7, 11) is 0. The minimum Gasteiger partial charge on any atom is -0.382 e. The first kappa shape index (κ1) is 13.9. The van der Waals surface area contributed by atoms with Crippen molar-refractivity contribution in [3.05, 3.63) is 33.8 Å². The molecule has 0 heterocycles. The average Bonchev–Trinajstić information content (AvgIpc) is 2.58. The zero-order valence-corrected chi connectivity index (χ0v) is 11.6. The van der Waals surface area contributed by atoms with E-state index in [1.54, 1.807) is 18.2 Å². The quantitative estimate of drug-likeness (QED) is 0.651. The van der Waals surface area contributed by atoms with E-state index in [4.69, 9.17) is 23.2 Å². The van der Waals surface area contributed by atoms with Crippen molar-refractivity contribution in [1.29, 1.82) is 0 Å². The van der Waals surface area contributed by atoms with Crippen molar-refractivity contribution < 1.29 is 9.90 Å². The van der Waals surface area contributed by atoms with Crippen LogP contribution in [0.5, 0.6) is 0 Å². The van der Waals surface area contributed by atoms with Crippen LogP contribution in [-0.2, 0) is 0 Å². The normalized spacial score (nSPS) is 19.3. The lowest BCUT2D eigenvalue weighted by Crippen LogP contribution is -2.38. The molecule has 0 amide bonds. The number of benzene rings is 1. The highest BCUT2D eigenvalue weighted by Crippen LogP contribution is 2.34. The molecule has 1 aromatic rings. The minimum absolute atomic E-state index is 0.238. The third-order valence-electron chi connectivity index (χ3n) is 3.55. The van der Waals surface area contributed by atoms with Crippen molar-refractivity contribution in [2.75, 3.05) is 0 Å². The standard InChI is InChI=1S/C14H16Cl2O2/c15-11-7-5-6-10(12(11)16)13(17)14(18)8-3-1-2-4-9-14/h5-7,18H,1-4,8-9H2. The molecule has 1 aliphatic rings. The fourth-order valence-electron chi connectivity index (χ4n) is 2.47. The number of hydrogen-bond donors (Lipinski definition) is 1. The maximum atomic E-state index is 12.5. The summed E-state index contributed by atoms with van der Waals surface area (Å²) in [6.07, 6.45) is 4.90. The molecule has 18 heavy (non-hydrogen) atoms. The van der Waals surface area contributed by atoms with Gasteiger partial charge in [0.05, 0.1) is 10.0 Å². The van der Waals surface area contributed by atoms with Crippen LogP contribution >= 0.6 is 23.2 Å². The highest BCUT2D eigenvalue weighted by atomic mass is 35.5. The predicted molar refractivity (Wildman–Crippen MR) is 73.4 cm³/mol. The fraction of sp³-hybridized carbons (Fsp3) is 0.500. The van der Waals surface area contributed by atoms with Gasteiger partial charge in [-0.3, -0.25) is 4.79 Å². The van der Waals surface area contributed by atoms with Crippen LogP contribution in [0.25, 0.3) is 0 Å². The van der Waals surface area contributed by atoms with Gasteiger partial charge < -0.3 is 5.11 Å². The molecule has 0 atom stereocenters. The van der Waals surface area contributed by atoms with Crippen LogP contribution in [0.15, 0.2) is 18.2 Å². The second-order valence-corrected chi connectivity index (χ2v) is 5.66. The van der Waals surface area contributed by atoms with Gasteiger partial charge in [-0.15, -0.1) is 0 Å². The third-order valence-corrected chi connectivity index (χ3v) is 4.37. The first-order chi connectivity index (χ1) is 8.54. The number of halogens is 2. The van der Waals surface area contributed by atoms with E-state index in [9.17, 15) is 9.90 Å². The topological polar surface area (TPSA) is 37.3 Å². The lowest BCUT2D eigenvalue weighted by Gasteiger charge is -2.25. The van der Waals surface area contributed by atoms with Crippen molar-refractivity contribution in [3.8, 4) is 0 Å². The molecule has 0 bridgehead atoms. The zero-order valence-electron chi connectivity index (χ0n) is 10.1. The molecular formula is C14H16Cl2O2. The van der Waals surface area contributed by atoms with Crippen LogP contribution in [0, 0.1) is 0 Å². The number of Topliss-reactive ketones (excluding diaryl/α,β-unsaturated/α-hetero) is 1. The van der Waals surface area contributed by atoms with E-state index >= 15 is 0 Å². The molecule has 1 aliphatic carbocycles. The van der Waals surface area contributed by atoms with Crippen LogP contribution in [0.2, 0.25) is 10.0 Å².